The van der Waals surface area contributed by atoms with Crippen molar-refractivity contribution in [3.63, 3.8) is 0 Å². The second-order valence-electron chi connectivity index (χ2n) is 5.19. The van der Waals surface area contributed by atoms with Crippen molar-refractivity contribution < 1.29 is 4.79 Å². The average Bonchev–Trinajstić information content (AvgIpc) is 2.65. The molecule has 0 saturated carbocycles. The Hall–Kier alpha value is -2.63. The van der Waals surface area contributed by atoms with Gasteiger partial charge in [0.15, 0.2) is 0 Å². The van der Waals surface area contributed by atoms with Crippen LogP contribution in [-0.4, -0.2) is 22.9 Å². The number of carbonyl (C=O) groups excluding carboxylic acids is 1. The Kier molecular flexibility index (Phi) is 5.16. The van der Waals surface area contributed by atoms with Crippen molar-refractivity contribution in [2.24, 2.45) is 0 Å². The summed E-state index contributed by atoms with van der Waals surface area (Å²) in [5.74, 6) is 0.0188. The first kappa shape index (κ1) is 17.2. The van der Waals surface area contributed by atoms with E-state index >= 15 is 0 Å². The number of para-hydroxylation sites is 1. The van der Waals surface area contributed by atoms with Gasteiger partial charge in [-0.15, -0.1) is 0 Å². The monoisotopic (exact) mass is 372 g/mol. The molecule has 5 nitrogen and oxygen atoms in total. The van der Waals surface area contributed by atoms with Gasteiger partial charge in [0.25, 0.3) is 5.91 Å². The SMILES string of the molecule is CN(c1ccccc1)c1nccc(C(=O)Nc2cccc(Cl)c2Cl)n1. The van der Waals surface area contributed by atoms with Crippen molar-refractivity contribution in [3.05, 3.63) is 76.5 Å². The normalized spacial score (nSPS) is 10.4. The molecule has 0 fully saturated rings. The van der Waals surface area contributed by atoms with E-state index in [1.165, 1.54) is 12.3 Å². The number of halogens is 2. The smallest absolute Gasteiger partial charge is 0.274 e. The minimum absolute atomic E-state index is 0.226. The number of hydrogen-bond donors (Lipinski definition) is 1. The molecular weight excluding hydrogens is 359 g/mol. The number of amides is 1. The Labute approximate surface area is 155 Å². The van der Waals surface area contributed by atoms with Gasteiger partial charge in [0.1, 0.15) is 5.69 Å². The van der Waals surface area contributed by atoms with E-state index in [1.54, 1.807) is 23.1 Å². The lowest BCUT2D eigenvalue weighted by molar-refractivity contribution is 0.102. The van der Waals surface area contributed by atoms with Gasteiger partial charge in [-0.1, -0.05) is 47.5 Å². The van der Waals surface area contributed by atoms with Gasteiger partial charge in [-0.25, -0.2) is 9.97 Å². The van der Waals surface area contributed by atoms with E-state index in [4.69, 9.17) is 23.2 Å². The fourth-order valence-corrected chi connectivity index (χ4v) is 2.54. The summed E-state index contributed by atoms with van der Waals surface area (Å²) in [5.41, 5.74) is 1.57. The summed E-state index contributed by atoms with van der Waals surface area (Å²) in [6, 6.07) is 16.2. The molecule has 2 aromatic carbocycles. The van der Waals surface area contributed by atoms with Gasteiger partial charge in [0.05, 0.1) is 15.7 Å². The van der Waals surface area contributed by atoms with E-state index in [0.29, 0.717) is 16.7 Å². The van der Waals surface area contributed by atoms with Crippen LogP contribution in [0.5, 0.6) is 0 Å². The molecule has 0 atom stereocenters. The zero-order valence-corrected chi connectivity index (χ0v) is 14.8. The van der Waals surface area contributed by atoms with Crippen molar-refractivity contribution in [1.82, 2.24) is 9.97 Å². The molecular formula is C18H14Cl2N4O. The van der Waals surface area contributed by atoms with Gasteiger partial charge in [0, 0.05) is 18.9 Å². The molecule has 7 heteroatoms. The van der Waals surface area contributed by atoms with Crippen molar-refractivity contribution in [1.29, 1.82) is 0 Å². The first-order valence-corrected chi connectivity index (χ1v) is 8.19. The highest BCUT2D eigenvalue weighted by Crippen LogP contribution is 2.29. The molecule has 0 saturated heterocycles. The van der Waals surface area contributed by atoms with E-state index in [9.17, 15) is 4.79 Å². The predicted octanol–water partition coefficient (Wildman–Crippen LogP) is 4.80. The van der Waals surface area contributed by atoms with E-state index in [-0.39, 0.29) is 10.7 Å². The lowest BCUT2D eigenvalue weighted by atomic mass is 10.3. The van der Waals surface area contributed by atoms with Crippen LogP contribution in [0.4, 0.5) is 17.3 Å². The summed E-state index contributed by atoms with van der Waals surface area (Å²) in [7, 11) is 1.83. The highest BCUT2D eigenvalue weighted by atomic mass is 35.5. The molecule has 0 unspecified atom stereocenters. The standard InChI is InChI=1S/C18H14Cl2N4O/c1-24(12-6-3-2-4-7-12)18-21-11-10-15(23-18)17(25)22-14-9-5-8-13(19)16(14)20/h2-11H,1H3,(H,22,25). The zero-order chi connectivity index (χ0) is 17.8. The van der Waals surface area contributed by atoms with E-state index in [2.05, 4.69) is 15.3 Å². The number of nitrogens with one attached hydrogen (secondary N) is 1. The van der Waals surface area contributed by atoms with Crippen LogP contribution in [0.25, 0.3) is 0 Å². The molecule has 3 aromatic rings. The van der Waals surface area contributed by atoms with Crippen LogP contribution in [0.1, 0.15) is 10.5 Å². The van der Waals surface area contributed by atoms with E-state index in [0.717, 1.165) is 5.69 Å². The van der Waals surface area contributed by atoms with Gasteiger partial charge in [0.2, 0.25) is 5.95 Å². The molecule has 1 N–H and O–H groups in total. The number of aromatic nitrogens is 2. The van der Waals surface area contributed by atoms with Gasteiger partial charge in [-0.2, -0.15) is 0 Å². The summed E-state index contributed by atoms with van der Waals surface area (Å²) in [4.78, 5) is 22.8. The first-order chi connectivity index (χ1) is 12.1. The number of anilines is 3. The second-order valence-corrected chi connectivity index (χ2v) is 5.98. The highest BCUT2D eigenvalue weighted by molar-refractivity contribution is 6.44. The number of rotatable bonds is 4. The molecule has 0 radical (unpaired) electrons. The summed E-state index contributed by atoms with van der Waals surface area (Å²) in [6.07, 6.45) is 1.54. The molecule has 126 valence electrons. The van der Waals surface area contributed by atoms with Crippen LogP contribution in [-0.2, 0) is 0 Å². The predicted molar refractivity (Wildman–Crippen MR) is 101 cm³/mol. The Morgan fingerprint density at radius 2 is 1.80 bits per heavy atom. The molecule has 1 heterocycles. The minimum atomic E-state index is -0.394. The lowest BCUT2D eigenvalue weighted by Crippen LogP contribution is -2.18. The van der Waals surface area contributed by atoms with Gasteiger partial charge >= 0.3 is 0 Å². The maximum absolute atomic E-state index is 12.5. The molecule has 0 bridgehead atoms. The van der Waals surface area contributed by atoms with E-state index < -0.39 is 5.91 Å². The summed E-state index contributed by atoms with van der Waals surface area (Å²) < 4.78 is 0. The van der Waals surface area contributed by atoms with Crippen molar-refractivity contribution >= 4 is 46.4 Å². The number of hydrogen-bond acceptors (Lipinski definition) is 4. The summed E-state index contributed by atoms with van der Waals surface area (Å²) in [6.45, 7) is 0. The molecule has 3 rings (SSSR count). The van der Waals surface area contributed by atoms with Crippen molar-refractivity contribution in [2.75, 3.05) is 17.3 Å². The Morgan fingerprint density at radius 3 is 2.56 bits per heavy atom. The summed E-state index contributed by atoms with van der Waals surface area (Å²) in [5, 5.41) is 3.36. The second kappa shape index (κ2) is 7.51. The molecule has 0 aliphatic carbocycles. The van der Waals surface area contributed by atoms with Gasteiger partial charge in [-0.3, -0.25) is 4.79 Å². The van der Waals surface area contributed by atoms with Crippen molar-refractivity contribution in [3.8, 4) is 0 Å². The lowest BCUT2D eigenvalue weighted by Gasteiger charge is -2.17. The van der Waals surface area contributed by atoms with Crippen LogP contribution in [0.2, 0.25) is 10.0 Å². The largest absolute Gasteiger partial charge is 0.319 e. The molecule has 25 heavy (non-hydrogen) atoms. The van der Waals surface area contributed by atoms with Crippen molar-refractivity contribution in [2.45, 2.75) is 0 Å². The van der Waals surface area contributed by atoms with E-state index in [1.807, 2.05) is 37.4 Å². The maximum Gasteiger partial charge on any atom is 0.274 e. The van der Waals surface area contributed by atoms with Crippen LogP contribution < -0.4 is 10.2 Å². The number of nitrogens with zero attached hydrogens (tertiary/aromatic N) is 3. The molecule has 0 aliphatic heterocycles. The minimum Gasteiger partial charge on any atom is -0.319 e. The quantitative estimate of drug-likeness (QED) is 0.714. The third-order valence-electron chi connectivity index (χ3n) is 3.52. The number of benzene rings is 2. The average molecular weight is 373 g/mol. The fourth-order valence-electron chi connectivity index (χ4n) is 2.19. The van der Waals surface area contributed by atoms with Gasteiger partial charge < -0.3 is 10.2 Å². The van der Waals surface area contributed by atoms with Crippen LogP contribution in [0, 0.1) is 0 Å². The Morgan fingerprint density at radius 1 is 1.04 bits per heavy atom. The highest BCUT2D eigenvalue weighted by Gasteiger charge is 2.14. The number of carbonyl (C=O) groups is 1. The Balaban J connectivity index is 1.83. The third kappa shape index (κ3) is 3.90. The molecule has 1 aromatic heterocycles. The zero-order valence-electron chi connectivity index (χ0n) is 13.3. The van der Waals surface area contributed by atoms with Crippen LogP contribution >= 0.6 is 23.2 Å². The Bertz CT molecular complexity index is 903. The summed E-state index contributed by atoms with van der Waals surface area (Å²) >= 11 is 12.1. The fraction of sp³-hybridized carbons (Fsp3) is 0.0556. The molecule has 0 aliphatic rings. The topological polar surface area (TPSA) is 58.1 Å². The maximum atomic E-state index is 12.5. The first-order valence-electron chi connectivity index (χ1n) is 7.43. The molecule has 0 spiro atoms. The van der Waals surface area contributed by atoms with Crippen LogP contribution in [0.3, 0.4) is 0 Å². The van der Waals surface area contributed by atoms with Gasteiger partial charge in [-0.05, 0) is 30.3 Å². The third-order valence-corrected chi connectivity index (χ3v) is 4.34. The molecule has 1 amide bonds. The van der Waals surface area contributed by atoms with Crippen LogP contribution in [0.15, 0.2) is 60.8 Å².